The fourth-order valence-corrected chi connectivity index (χ4v) is 5.49. The Bertz CT molecular complexity index is 538. The minimum atomic E-state index is -0.729. The molecule has 3 fully saturated rings. The first kappa shape index (κ1) is 13.5. The molecule has 1 aromatic rings. The number of ketones is 1. The molecule has 112 valence electrons. The Morgan fingerprint density at radius 1 is 1.00 bits per heavy atom. The van der Waals surface area contributed by atoms with Crippen molar-refractivity contribution >= 4 is 5.78 Å². The lowest BCUT2D eigenvalue weighted by atomic mass is 9.49. The van der Waals surface area contributed by atoms with Crippen LogP contribution in [-0.4, -0.2) is 16.5 Å². The van der Waals surface area contributed by atoms with Crippen LogP contribution in [0, 0.1) is 17.8 Å². The Morgan fingerprint density at radius 2 is 1.81 bits per heavy atom. The first-order valence-corrected chi connectivity index (χ1v) is 8.53. The molecule has 1 aromatic carbocycles. The summed E-state index contributed by atoms with van der Waals surface area (Å²) in [5.41, 5.74) is 0.536. The van der Waals surface area contributed by atoms with Crippen LogP contribution in [0.1, 0.15) is 56.4 Å². The molecule has 2 bridgehead atoms. The van der Waals surface area contributed by atoms with Gasteiger partial charge < -0.3 is 5.11 Å². The largest absolute Gasteiger partial charge is 0.389 e. The lowest BCUT2D eigenvalue weighted by Crippen LogP contribution is -2.60. The highest BCUT2D eigenvalue weighted by molar-refractivity contribution is 5.87. The second kappa shape index (κ2) is 4.95. The van der Waals surface area contributed by atoms with Crippen molar-refractivity contribution in [2.24, 2.45) is 17.8 Å². The zero-order valence-electron chi connectivity index (χ0n) is 12.5. The van der Waals surface area contributed by atoms with E-state index < -0.39 is 5.60 Å². The van der Waals surface area contributed by atoms with Gasteiger partial charge in [0, 0.05) is 11.8 Å². The van der Waals surface area contributed by atoms with Gasteiger partial charge in [-0.25, -0.2) is 0 Å². The highest BCUT2D eigenvalue weighted by Crippen LogP contribution is 2.57. The van der Waals surface area contributed by atoms with Gasteiger partial charge in [0.2, 0.25) is 0 Å². The van der Waals surface area contributed by atoms with E-state index in [4.69, 9.17) is 0 Å². The number of aliphatic hydroxyl groups is 1. The van der Waals surface area contributed by atoms with E-state index in [1.807, 2.05) is 6.07 Å². The number of Topliss-reactive ketones (excluding diaryl/α,β-unsaturated/α-hetero) is 1. The van der Waals surface area contributed by atoms with Gasteiger partial charge in [-0.2, -0.15) is 0 Å². The van der Waals surface area contributed by atoms with Crippen LogP contribution in [0.3, 0.4) is 0 Å². The van der Waals surface area contributed by atoms with Crippen LogP contribution in [0.4, 0.5) is 0 Å². The van der Waals surface area contributed by atoms with Gasteiger partial charge in [-0.1, -0.05) is 49.6 Å². The van der Waals surface area contributed by atoms with E-state index >= 15 is 0 Å². The third-order valence-corrected chi connectivity index (χ3v) is 6.36. The Balaban J connectivity index is 1.82. The predicted octanol–water partition coefficient (Wildman–Crippen LogP) is 3.69. The first-order chi connectivity index (χ1) is 10.2. The van der Waals surface area contributed by atoms with Crippen LogP contribution in [0.15, 0.2) is 30.3 Å². The second-order valence-electron chi connectivity index (χ2n) is 7.27. The molecule has 2 nitrogen and oxygen atoms in total. The molecule has 5 atom stereocenters. The summed E-state index contributed by atoms with van der Waals surface area (Å²) in [5, 5.41) is 11.4. The zero-order chi connectivity index (χ0) is 14.4. The van der Waals surface area contributed by atoms with Crippen molar-refractivity contribution in [3.63, 3.8) is 0 Å². The van der Waals surface area contributed by atoms with E-state index in [1.54, 1.807) is 0 Å². The molecule has 2 heteroatoms. The summed E-state index contributed by atoms with van der Waals surface area (Å²) in [6.45, 7) is 0. The molecule has 0 spiro atoms. The SMILES string of the molecule is O=C1[C@H]2CCC[C@@H]1[C@@H](c1ccccc1)[C@H]1CCCC[C@]21O. The molecule has 0 unspecified atom stereocenters. The summed E-state index contributed by atoms with van der Waals surface area (Å²) in [7, 11) is 0. The molecule has 21 heavy (non-hydrogen) atoms. The predicted molar refractivity (Wildman–Crippen MR) is 81.9 cm³/mol. The van der Waals surface area contributed by atoms with Crippen LogP contribution in [0.2, 0.25) is 0 Å². The van der Waals surface area contributed by atoms with Crippen LogP contribution >= 0.6 is 0 Å². The number of benzene rings is 1. The number of carbonyl (C=O) groups excluding carboxylic acids is 1. The maximum atomic E-state index is 12.9. The quantitative estimate of drug-likeness (QED) is 0.854. The third kappa shape index (κ3) is 1.92. The molecular weight excluding hydrogens is 260 g/mol. The average molecular weight is 284 g/mol. The van der Waals surface area contributed by atoms with Gasteiger partial charge >= 0.3 is 0 Å². The van der Waals surface area contributed by atoms with Gasteiger partial charge in [-0.05, 0) is 43.1 Å². The first-order valence-electron chi connectivity index (χ1n) is 8.53. The Kier molecular flexibility index (Phi) is 3.18. The average Bonchev–Trinajstić information content (AvgIpc) is 2.50. The number of carbonyl (C=O) groups is 1. The van der Waals surface area contributed by atoms with Crippen molar-refractivity contribution < 1.29 is 9.90 Å². The standard InChI is InChI=1S/C19H24O2/c20-18-14-9-6-11-16(18)19(21)12-5-4-10-15(19)17(14)13-7-2-1-3-8-13/h1-3,7-8,14-17,21H,4-6,9-12H2/t14-,15-,16-,17-,19-/m1/s1. The second-order valence-corrected chi connectivity index (χ2v) is 7.27. The van der Waals surface area contributed by atoms with Crippen LogP contribution in [0.5, 0.6) is 0 Å². The Morgan fingerprint density at radius 3 is 2.62 bits per heavy atom. The van der Waals surface area contributed by atoms with Crippen molar-refractivity contribution in [2.75, 3.05) is 0 Å². The van der Waals surface area contributed by atoms with Crippen LogP contribution in [-0.2, 0) is 4.79 Å². The maximum Gasteiger partial charge on any atom is 0.142 e. The van der Waals surface area contributed by atoms with Crippen molar-refractivity contribution in [1.82, 2.24) is 0 Å². The van der Waals surface area contributed by atoms with Gasteiger partial charge in [0.05, 0.1) is 5.60 Å². The topological polar surface area (TPSA) is 37.3 Å². The summed E-state index contributed by atoms with van der Waals surface area (Å²) in [5.74, 6) is 0.939. The molecule has 3 aliphatic carbocycles. The molecule has 0 saturated heterocycles. The zero-order valence-corrected chi connectivity index (χ0v) is 12.5. The summed E-state index contributed by atoms with van der Waals surface area (Å²) in [4.78, 5) is 12.9. The number of hydrogen-bond acceptors (Lipinski definition) is 2. The minimum absolute atomic E-state index is 0.0819. The fraction of sp³-hybridized carbons (Fsp3) is 0.632. The van der Waals surface area contributed by atoms with E-state index in [2.05, 4.69) is 24.3 Å². The number of rotatable bonds is 1. The summed E-state index contributed by atoms with van der Waals surface area (Å²) < 4.78 is 0. The van der Waals surface area contributed by atoms with Gasteiger partial charge in [0.25, 0.3) is 0 Å². The molecule has 0 aliphatic heterocycles. The van der Waals surface area contributed by atoms with Gasteiger partial charge in [0.15, 0.2) is 0 Å². The van der Waals surface area contributed by atoms with Gasteiger partial charge in [-0.15, -0.1) is 0 Å². The lowest BCUT2D eigenvalue weighted by molar-refractivity contribution is -0.172. The molecule has 0 aromatic heterocycles. The van der Waals surface area contributed by atoms with Gasteiger partial charge in [-0.3, -0.25) is 4.79 Å². The maximum absolute atomic E-state index is 12.9. The smallest absolute Gasteiger partial charge is 0.142 e. The fourth-order valence-electron chi connectivity index (χ4n) is 5.49. The van der Waals surface area contributed by atoms with Crippen molar-refractivity contribution in [1.29, 1.82) is 0 Å². The van der Waals surface area contributed by atoms with E-state index in [9.17, 15) is 9.90 Å². The third-order valence-electron chi connectivity index (χ3n) is 6.36. The summed E-state index contributed by atoms with van der Waals surface area (Å²) >= 11 is 0. The highest BCUT2D eigenvalue weighted by Gasteiger charge is 2.59. The lowest BCUT2D eigenvalue weighted by Gasteiger charge is -2.56. The summed E-state index contributed by atoms with van der Waals surface area (Å²) in [6, 6.07) is 10.5. The molecular formula is C19H24O2. The van der Waals surface area contributed by atoms with E-state index in [0.717, 1.165) is 38.5 Å². The van der Waals surface area contributed by atoms with Crippen molar-refractivity contribution in [3.05, 3.63) is 35.9 Å². The molecule has 3 aliphatic rings. The molecule has 0 amide bonds. The number of hydrogen-bond donors (Lipinski definition) is 1. The van der Waals surface area contributed by atoms with Gasteiger partial charge in [0.1, 0.15) is 5.78 Å². The Hall–Kier alpha value is -1.15. The van der Waals surface area contributed by atoms with E-state index in [-0.39, 0.29) is 23.7 Å². The monoisotopic (exact) mass is 284 g/mol. The van der Waals surface area contributed by atoms with Crippen molar-refractivity contribution in [3.8, 4) is 0 Å². The molecule has 0 radical (unpaired) electrons. The summed E-state index contributed by atoms with van der Waals surface area (Å²) in [6.07, 6.45) is 7.19. The molecule has 1 N–H and O–H groups in total. The van der Waals surface area contributed by atoms with Crippen LogP contribution in [0.25, 0.3) is 0 Å². The van der Waals surface area contributed by atoms with Crippen molar-refractivity contribution in [2.45, 2.75) is 56.5 Å². The molecule has 0 heterocycles. The number of fused-ring (bicyclic) bond motifs is 4. The highest BCUT2D eigenvalue weighted by atomic mass is 16.3. The normalized spacial score (nSPS) is 42.4. The van der Waals surface area contributed by atoms with E-state index in [0.29, 0.717) is 5.78 Å². The molecule has 4 rings (SSSR count). The molecule has 3 saturated carbocycles. The Labute approximate surface area is 126 Å². The van der Waals surface area contributed by atoms with Crippen LogP contribution < -0.4 is 0 Å². The minimum Gasteiger partial charge on any atom is -0.389 e. The van der Waals surface area contributed by atoms with E-state index in [1.165, 1.54) is 12.0 Å².